The Kier molecular flexibility index (Phi) is 3.87. The molecule has 1 atom stereocenters. The number of para-hydroxylation sites is 1. The molecule has 6 nitrogen and oxygen atoms in total. The molecule has 0 radical (unpaired) electrons. The van der Waals surface area contributed by atoms with Gasteiger partial charge in [0.1, 0.15) is 17.1 Å². The van der Waals surface area contributed by atoms with Crippen molar-refractivity contribution in [3.63, 3.8) is 0 Å². The predicted octanol–water partition coefficient (Wildman–Crippen LogP) is 2.95. The number of aryl methyl sites for hydroxylation is 1. The van der Waals surface area contributed by atoms with E-state index in [0.717, 1.165) is 29.6 Å². The number of carbonyl (C=O) groups is 1. The first-order chi connectivity index (χ1) is 12.2. The first kappa shape index (κ1) is 15.6. The summed E-state index contributed by atoms with van der Waals surface area (Å²) in [6.45, 7) is 0.715. The van der Waals surface area contributed by atoms with Gasteiger partial charge in [-0.1, -0.05) is 12.1 Å². The molecule has 0 aliphatic carbocycles. The number of carbonyl (C=O) groups excluding carboxylic acids is 1. The van der Waals surface area contributed by atoms with Crippen molar-refractivity contribution in [2.45, 2.75) is 18.9 Å². The van der Waals surface area contributed by atoms with Gasteiger partial charge in [0.2, 0.25) is 0 Å². The van der Waals surface area contributed by atoms with Gasteiger partial charge in [-0.3, -0.25) is 9.78 Å². The normalized spacial score (nSPS) is 17.2. The number of hydrogen-bond acceptors (Lipinski definition) is 4. The van der Waals surface area contributed by atoms with Crippen LogP contribution in [0, 0.1) is 0 Å². The van der Waals surface area contributed by atoms with Crippen LogP contribution in [0.3, 0.4) is 0 Å². The lowest BCUT2D eigenvalue weighted by Gasteiger charge is -2.25. The van der Waals surface area contributed by atoms with E-state index in [1.165, 1.54) is 0 Å². The van der Waals surface area contributed by atoms with Crippen LogP contribution in [0.4, 0.5) is 0 Å². The van der Waals surface area contributed by atoms with Crippen molar-refractivity contribution in [1.82, 2.24) is 19.4 Å². The van der Waals surface area contributed by atoms with E-state index in [-0.39, 0.29) is 11.9 Å². The number of ether oxygens (including phenoxy) is 1. The lowest BCUT2D eigenvalue weighted by atomic mass is 10.1. The Morgan fingerprint density at radius 3 is 2.88 bits per heavy atom. The van der Waals surface area contributed by atoms with Crippen LogP contribution in [0.1, 0.15) is 35.1 Å². The molecule has 0 N–H and O–H groups in total. The number of pyridine rings is 1. The van der Waals surface area contributed by atoms with E-state index in [1.807, 2.05) is 47.0 Å². The molecule has 1 saturated heterocycles. The van der Waals surface area contributed by atoms with Gasteiger partial charge < -0.3 is 14.2 Å². The molecular weight excluding hydrogens is 316 g/mol. The average Bonchev–Trinajstić information content (AvgIpc) is 3.28. The molecule has 2 aromatic heterocycles. The molecule has 1 aliphatic rings. The molecule has 1 unspecified atom stereocenters. The van der Waals surface area contributed by atoms with E-state index >= 15 is 0 Å². The number of fused-ring (bicyclic) bond motifs is 1. The summed E-state index contributed by atoms with van der Waals surface area (Å²) in [5.74, 6) is 1.44. The van der Waals surface area contributed by atoms with Gasteiger partial charge in [0, 0.05) is 37.6 Å². The lowest BCUT2D eigenvalue weighted by Crippen LogP contribution is -2.32. The number of amides is 1. The molecule has 1 aliphatic heterocycles. The third-order valence-electron chi connectivity index (χ3n) is 4.83. The monoisotopic (exact) mass is 336 g/mol. The first-order valence-corrected chi connectivity index (χ1v) is 8.40. The number of imidazole rings is 1. The first-order valence-electron chi connectivity index (χ1n) is 8.40. The number of rotatable bonds is 3. The van der Waals surface area contributed by atoms with E-state index < -0.39 is 0 Å². The Bertz CT molecular complexity index is 934. The number of aromatic nitrogens is 3. The van der Waals surface area contributed by atoms with Crippen LogP contribution in [0.15, 0.2) is 42.9 Å². The summed E-state index contributed by atoms with van der Waals surface area (Å²) >= 11 is 0. The Morgan fingerprint density at radius 1 is 1.28 bits per heavy atom. The Labute approximate surface area is 146 Å². The number of nitrogens with zero attached hydrogens (tertiary/aromatic N) is 4. The molecule has 0 spiro atoms. The molecule has 1 amide bonds. The van der Waals surface area contributed by atoms with Crippen molar-refractivity contribution >= 4 is 16.8 Å². The van der Waals surface area contributed by atoms with Crippen molar-refractivity contribution in [3.05, 3.63) is 54.2 Å². The molecule has 6 heteroatoms. The minimum atomic E-state index is -0.0550. The largest absolute Gasteiger partial charge is 0.495 e. The Hall–Kier alpha value is -2.89. The molecule has 4 rings (SSSR count). The van der Waals surface area contributed by atoms with Crippen LogP contribution in [0.25, 0.3) is 10.9 Å². The highest BCUT2D eigenvalue weighted by Gasteiger charge is 2.34. The van der Waals surface area contributed by atoms with Crippen molar-refractivity contribution < 1.29 is 9.53 Å². The van der Waals surface area contributed by atoms with Crippen LogP contribution in [-0.4, -0.2) is 39.0 Å². The van der Waals surface area contributed by atoms with Crippen LogP contribution >= 0.6 is 0 Å². The van der Waals surface area contributed by atoms with Crippen LogP contribution in [-0.2, 0) is 7.05 Å². The zero-order valence-electron chi connectivity index (χ0n) is 14.3. The van der Waals surface area contributed by atoms with E-state index in [4.69, 9.17) is 4.74 Å². The zero-order valence-corrected chi connectivity index (χ0v) is 14.3. The smallest absolute Gasteiger partial charge is 0.259 e. The molecule has 3 heterocycles. The highest BCUT2D eigenvalue weighted by atomic mass is 16.5. The maximum absolute atomic E-state index is 13.3. The van der Waals surface area contributed by atoms with E-state index in [0.29, 0.717) is 17.9 Å². The average molecular weight is 336 g/mol. The topological polar surface area (TPSA) is 60.2 Å². The number of methoxy groups -OCH3 is 1. The fourth-order valence-corrected chi connectivity index (χ4v) is 3.62. The summed E-state index contributed by atoms with van der Waals surface area (Å²) in [6.07, 6.45) is 7.19. The fourth-order valence-electron chi connectivity index (χ4n) is 3.62. The van der Waals surface area contributed by atoms with Crippen molar-refractivity contribution in [2.24, 2.45) is 7.05 Å². The second-order valence-corrected chi connectivity index (χ2v) is 6.28. The van der Waals surface area contributed by atoms with Gasteiger partial charge in [0.15, 0.2) is 0 Å². The Morgan fingerprint density at radius 2 is 2.12 bits per heavy atom. The summed E-state index contributed by atoms with van der Waals surface area (Å²) in [4.78, 5) is 24.0. The van der Waals surface area contributed by atoms with Gasteiger partial charge in [0.25, 0.3) is 5.91 Å². The second-order valence-electron chi connectivity index (χ2n) is 6.28. The third kappa shape index (κ3) is 2.54. The second kappa shape index (κ2) is 6.20. The molecular formula is C19H20N4O2. The van der Waals surface area contributed by atoms with Crippen LogP contribution in [0.2, 0.25) is 0 Å². The standard InChI is InChI=1S/C19H20N4O2/c1-22-11-9-20-18(22)16-8-5-10-23(16)19(24)14-12-21-15-7-4-3-6-13(15)17(14)25-2/h3-4,6-7,9,11-12,16H,5,8,10H2,1-2H3. The molecule has 0 saturated carbocycles. The van der Waals surface area contributed by atoms with E-state index in [1.54, 1.807) is 19.5 Å². The Balaban J connectivity index is 1.75. The minimum absolute atomic E-state index is 0.0105. The quantitative estimate of drug-likeness (QED) is 0.738. The maximum atomic E-state index is 13.3. The molecule has 1 aromatic carbocycles. The molecule has 3 aromatic rings. The molecule has 1 fully saturated rings. The number of benzene rings is 1. The third-order valence-corrected chi connectivity index (χ3v) is 4.83. The number of hydrogen-bond donors (Lipinski definition) is 0. The van der Waals surface area contributed by atoms with Gasteiger partial charge in [0.05, 0.1) is 18.7 Å². The highest BCUT2D eigenvalue weighted by Crippen LogP contribution is 2.35. The summed E-state index contributed by atoms with van der Waals surface area (Å²) in [5, 5.41) is 0.851. The zero-order chi connectivity index (χ0) is 17.4. The summed E-state index contributed by atoms with van der Waals surface area (Å²) in [7, 11) is 3.56. The van der Waals surface area contributed by atoms with Gasteiger partial charge in [-0.05, 0) is 25.0 Å². The van der Waals surface area contributed by atoms with Crippen molar-refractivity contribution in [2.75, 3.05) is 13.7 Å². The summed E-state index contributed by atoms with van der Waals surface area (Å²) in [5.41, 5.74) is 1.32. The van der Waals surface area contributed by atoms with E-state index in [2.05, 4.69) is 9.97 Å². The minimum Gasteiger partial charge on any atom is -0.495 e. The highest BCUT2D eigenvalue weighted by molar-refractivity contribution is 6.02. The maximum Gasteiger partial charge on any atom is 0.259 e. The molecule has 0 bridgehead atoms. The van der Waals surface area contributed by atoms with E-state index in [9.17, 15) is 4.79 Å². The molecule has 25 heavy (non-hydrogen) atoms. The van der Waals surface area contributed by atoms with Gasteiger partial charge in [-0.2, -0.15) is 0 Å². The lowest BCUT2D eigenvalue weighted by molar-refractivity contribution is 0.0724. The summed E-state index contributed by atoms with van der Waals surface area (Å²) in [6, 6.07) is 7.68. The van der Waals surface area contributed by atoms with Crippen LogP contribution in [0.5, 0.6) is 5.75 Å². The van der Waals surface area contributed by atoms with Crippen molar-refractivity contribution in [1.29, 1.82) is 0 Å². The predicted molar refractivity (Wildman–Crippen MR) is 94.5 cm³/mol. The fraction of sp³-hybridized carbons (Fsp3) is 0.316. The van der Waals surface area contributed by atoms with Gasteiger partial charge >= 0.3 is 0 Å². The summed E-state index contributed by atoms with van der Waals surface area (Å²) < 4.78 is 7.56. The number of likely N-dealkylation sites (tertiary alicyclic amines) is 1. The SMILES string of the molecule is COc1c(C(=O)N2CCCC2c2nccn2C)cnc2ccccc12. The van der Waals surface area contributed by atoms with Crippen LogP contribution < -0.4 is 4.74 Å². The molecule has 128 valence electrons. The van der Waals surface area contributed by atoms with Gasteiger partial charge in [-0.15, -0.1) is 0 Å². The van der Waals surface area contributed by atoms with Gasteiger partial charge in [-0.25, -0.2) is 4.98 Å². The van der Waals surface area contributed by atoms with Crippen molar-refractivity contribution in [3.8, 4) is 5.75 Å².